The van der Waals surface area contributed by atoms with E-state index in [0.29, 0.717) is 11.7 Å². The molecule has 0 aliphatic carbocycles. The fourth-order valence-corrected chi connectivity index (χ4v) is 2.18. The van der Waals surface area contributed by atoms with Crippen molar-refractivity contribution in [3.63, 3.8) is 0 Å². The van der Waals surface area contributed by atoms with E-state index in [1.54, 1.807) is 6.07 Å². The van der Waals surface area contributed by atoms with Gasteiger partial charge in [-0.1, -0.05) is 19.9 Å². The van der Waals surface area contributed by atoms with Gasteiger partial charge in [-0.25, -0.2) is 0 Å². The van der Waals surface area contributed by atoms with Gasteiger partial charge in [-0.15, -0.1) is 0 Å². The topological polar surface area (TPSA) is 61.7 Å². The summed E-state index contributed by atoms with van der Waals surface area (Å²) in [6.07, 6.45) is 0.927. The lowest BCUT2D eigenvalue weighted by molar-refractivity contribution is 0.215. The molecule has 2 atom stereocenters. The highest BCUT2D eigenvalue weighted by Gasteiger charge is 2.15. The van der Waals surface area contributed by atoms with Crippen molar-refractivity contribution in [3.8, 4) is 11.5 Å². The molecule has 0 saturated carbocycles. The zero-order chi connectivity index (χ0) is 14.4. The molecule has 0 aliphatic heterocycles. The van der Waals surface area contributed by atoms with E-state index >= 15 is 0 Å². The third-order valence-corrected chi connectivity index (χ3v) is 3.17. The van der Waals surface area contributed by atoms with Crippen molar-refractivity contribution < 1.29 is 14.9 Å². The number of phenolic OH excluding ortho intramolecular Hbond substituents is 1. The summed E-state index contributed by atoms with van der Waals surface area (Å²) in [5.74, 6) is 1.14. The Labute approximate surface area is 115 Å². The minimum atomic E-state index is 0.0785. The number of aliphatic hydroxyl groups is 1. The fraction of sp³-hybridized carbons (Fsp3) is 0.600. The number of hydrogen-bond donors (Lipinski definition) is 3. The number of phenols is 1. The molecule has 4 heteroatoms. The largest absolute Gasteiger partial charge is 0.504 e. The maximum atomic E-state index is 9.58. The molecule has 0 spiro atoms. The molecule has 19 heavy (non-hydrogen) atoms. The van der Waals surface area contributed by atoms with Crippen LogP contribution in [-0.4, -0.2) is 30.0 Å². The van der Waals surface area contributed by atoms with Gasteiger partial charge in [-0.05, 0) is 37.0 Å². The minimum absolute atomic E-state index is 0.0785. The summed E-state index contributed by atoms with van der Waals surface area (Å²) in [6, 6.07) is 5.47. The van der Waals surface area contributed by atoms with Gasteiger partial charge in [0.1, 0.15) is 0 Å². The van der Waals surface area contributed by atoms with Gasteiger partial charge in [0.25, 0.3) is 0 Å². The van der Waals surface area contributed by atoms with Crippen molar-refractivity contribution in [3.05, 3.63) is 23.8 Å². The predicted molar refractivity (Wildman–Crippen MR) is 76.5 cm³/mol. The maximum absolute atomic E-state index is 9.58. The van der Waals surface area contributed by atoms with Crippen LogP contribution < -0.4 is 10.1 Å². The molecule has 0 amide bonds. The zero-order valence-electron chi connectivity index (χ0n) is 12.2. The highest BCUT2D eigenvalue weighted by atomic mass is 16.5. The first kappa shape index (κ1) is 15.8. The van der Waals surface area contributed by atoms with Crippen LogP contribution in [0.4, 0.5) is 0 Å². The number of benzene rings is 1. The number of aliphatic hydroxyl groups excluding tert-OH is 1. The summed E-state index contributed by atoms with van der Waals surface area (Å²) < 4.78 is 5.10. The Balaban J connectivity index is 2.73. The fourth-order valence-electron chi connectivity index (χ4n) is 2.18. The first-order chi connectivity index (χ1) is 8.97. The van der Waals surface area contributed by atoms with Crippen molar-refractivity contribution in [2.24, 2.45) is 5.92 Å². The molecule has 1 rings (SSSR count). The number of hydrogen-bond acceptors (Lipinski definition) is 4. The predicted octanol–water partition coefficient (Wildman–Crippen LogP) is 2.46. The summed E-state index contributed by atoms with van der Waals surface area (Å²) >= 11 is 0. The van der Waals surface area contributed by atoms with E-state index in [1.165, 1.54) is 7.11 Å². The molecule has 0 saturated heterocycles. The standard InChI is InChI=1S/C15H25NO3/c1-10(2)7-13(9-17)16-11(3)12-5-6-14(18)15(8-12)19-4/h5-6,8,10-11,13,16-18H,7,9H2,1-4H3. The second-order valence-electron chi connectivity index (χ2n) is 5.33. The quantitative estimate of drug-likeness (QED) is 0.710. The Morgan fingerprint density at radius 1 is 1.26 bits per heavy atom. The van der Waals surface area contributed by atoms with Crippen LogP contribution in [-0.2, 0) is 0 Å². The number of aromatic hydroxyl groups is 1. The van der Waals surface area contributed by atoms with E-state index in [-0.39, 0.29) is 24.4 Å². The first-order valence-electron chi connectivity index (χ1n) is 6.71. The monoisotopic (exact) mass is 267 g/mol. The van der Waals surface area contributed by atoms with E-state index in [1.807, 2.05) is 19.1 Å². The molecule has 0 heterocycles. The Morgan fingerprint density at radius 2 is 1.95 bits per heavy atom. The molecule has 0 radical (unpaired) electrons. The highest BCUT2D eigenvalue weighted by Crippen LogP contribution is 2.29. The zero-order valence-corrected chi connectivity index (χ0v) is 12.2. The molecule has 4 nitrogen and oxygen atoms in total. The second kappa shape index (κ2) is 7.36. The van der Waals surface area contributed by atoms with E-state index in [4.69, 9.17) is 4.74 Å². The van der Waals surface area contributed by atoms with Gasteiger partial charge in [0.2, 0.25) is 0 Å². The third kappa shape index (κ3) is 4.73. The van der Waals surface area contributed by atoms with Gasteiger partial charge in [0.05, 0.1) is 13.7 Å². The van der Waals surface area contributed by atoms with Crippen molar-refractivity contribution in [2.75, 3.05) is 13.7 Å². The number of methoxy groups -OCH3 is 1. The van der Waals surface area contributed by atoms with Crippen molar-refractivity contribution in [1.29, 1.82) is 0 Å². The van der Waals surface area contributed by atoms with Crippen LogP contribution in [0.15, 0.2) is 18.2 Å². The van der Waals surface area contributed by atoms with E-state index in [2.05, 4.69) is 19.2 Å². The summed E-state index contributed by atoms with van der Waals surface area (Å²) in [7, 11) is 1.53. The lowest BCUT2D eigenvalue weighted by Gasteiger charge is -2.23. The van der Waals surface area contributed by atoms with Gasteiger partial charge in [-0.2, -0.15) is 0 Å². The molecule has 0 fully saturated rings. The Hall–Kier alpha value is -1.26. The SMILES string of the molecule is COc1cc(C(C)NC(CO)CC(C)C)ccc1O. The van der Waals surface area contributed by atoms with Crippen molar-refractivity contribution >= 4 is 0 Å². The van der Waals surface area contributed by atoms with Crippen LogP contribution in [0.2, 0.25) is 0 Å². The average Bonchev–Trinajstić information content (AvgIpc) is 2.37. The van der Waals surface area contributed by atoms with Crippen LogP contribution in [0.3, 0.4) is 0 Å². The summed E-state index contributed by atoms with van der Waals surface area (Å²) in [4.78, 5) is 0. The highest BCUT2D eigenvalue weighted by molar-refractivity contribution is 5.42. The smallest absolute Gasteiger partial charge is 0.160 e. The van der Waals surface area contributed by atoms with Crippen LogP contribution >= 0.6 is 0 Å². The molecule has 3 N–H and O–H groups in total. The number of nitrogens with one attached hydrogen (secondary N) is 1. The Morgan fingerprint density at radius 3 is 2.47 bits per heavy atom. The molecule has 0 aliphatic rings. The van der Waals surface area contributed by atoms with E-state index < -0.39 is 0 Å². The van der Waals surface area contributed by atoms with Gasteiger partial charge >= 0.3 is 0 Å². The van der Waals surface area contributed by atoms with Gasteiger partial charge in [-0.3, -0.25) is 0 Å². The van der Waals surface area contributed by atoms with Crippen LogP contribution in [0.1, 0.15) is 38.8 Å². The lowest BCUT2D eigenvalue weighted by atomic mass is 10.0. The number of ether oxygens (including phenoxy) is 1. The molecule has 0 bridgehead atoms. The van der Waals surface area contributed by atoms with E-state index in [9.17, 15) is 10.2 Å². The Kier molecular flexibility index (Phi) is 6.12. The molecule has 2 unspecified atom stereocenters. The normalized spacial score (nSPS) is 14.4. The molecule has 0 aromatic heterocycles. The number of rotatable bonds is 7. The molecule has 1 aromatic carbocycles. The average molecular weight is 267 g/mol. The van der Waals surface area contributed by atoms with Gasteiger partial charge in [0, 0.05) is 12.1 Å². The lowest BCUT2D eigenvalue weighted by Crippen LogP contribution is -2.35. The second-order valence-corrected chi connectivity index (χ2v) is 5.33. The molecular formula is C15H25NO3. The molecular weight excluding hydrogens is 242 g/mol. The van der Waals surface area contributed by atoms with Gasteiger partial charge < -0.3 is 20.3 Å². The van der Waals surface area contributed by atoms with E-state index in [0.717, 1.165) is 12.0 Å². The first-order valence-corrected chi connectivity index (χ1v) is 6.71. The summed E-state index contributed by atoms with van der Waals surface area (Å²) in [5.41, 5.74) is 1.02. The van der Waals surface area contributed by atoms with Crippen molar-refractivity contribution in [2.45, 2.75) is 39.3 Å². The van der Waals surface area contributed by atoms with Crippen LogP contribution in [0.5, 0.6) is 11.5 Å². The summed E-state index contributed by atoms with van der Waals surface area (Å²) in [6.45, 7) is 6.43. The van der Waals surface area contributed by atoms with Crippen LogP contribution in [0.25, 0.3) is 0 Å². The molecule has 1 aromatic rings. The minimum Gasteiger partial charge on any atom is -0.504 e. The van der Waals surface area contributed by atoms with Crippen LogP contribution in [0, 0.1) is 5.92 Å². The van der Waals surface area contributed by atoms with Crippen molar-refractivity contribution in [1.82, 2.24) is 5.32 Å². The summed E-state index contributed by atoms with van der Waals surface area (Å²) in [5, 5.41) is 22.4. The Bertz CT molecular complexity index is 393. The van der Waals surface area contributed by atoms with Gasteiger partial charge in [0.15, 0.2) is 11.5 Å². The molecule has 108 valence electrons. The third-order valence-electron chi connectivity index (χ3n) is 3.17. The maximum Gasteiger partial charge on any atom is 0.160 e.